The highest BCUT2D eigenvalue weighted by Crippen LogP contribution is 2.28. The molecule has 1 aromatic carbocycles. The monoisotopic (exact) mass is 356 g/mol. The van der Waals surface area contributed by atoms with Crippen molar-refractivity contribution in [2.24, 2.45) is 0 Å². The molecular weight excluding hydrogens is 340 g/mol. The minimum Gasteiger partial charge on any atom is -0.390 e. The van der Waals surface area contributed by atoms with E-state index in [2.05, 4.69) is 4.72 Å². The number of fused-ring (bicyclic) bond motifs is 1. The molecule has 0 saturated heterocycles. The van der Waals surface area contributed by atoms with Gasteiger partial charge in [-0.05, 0) is 61.4 Å². The first-order valence-electron chi connectivity index (χ1n) is 6.52. The van der Waals surface area contributed by atoms with Gasteiger partial charge in [0, 0.05) is 11.1 Å². The van der Waals surface area contributed by atoms with Crippen LogP contribution in [0.1, 0.15) is 36.7 Å². The second kappa shape index (κ2) is 7.01. The van der Waals surface area contributed by atoms with Gasteiger partial charge in [0.2, 0.25) is 0 Å². The van der Waals surface area contributed by atoms with E-state index in [1.807, 2.05) is 6.08 Å². The van der Waals surface area contributed by atoms with E-state index in [1.54, 1.807) is 45.2 Å². The van der Waals surface area contributed by atoms with Crippen molar-refractivity contribution < 1.29 is 9.72 Å². The van der Waals surface area contributed by atoms with Crippen molar-refractivity contribution in [3.8, 4) is 0 Å². The van der Waals surface area contributed by atoms with Crippen LogP contribution < -0.4 is 4.72 Å². The largest absolute Gasteiger partial charge is 0.430 e. The number of rotatable bonds is 1. The van der Waals surface area contributed by atoms with Crippen LogP contribution in [0.25, 0.3) is 6.08 Å². The van der Waals surface area contributed by atoms with Crippen molar-refractivity contribution in [3.05, 3.63) is 45.6 Å². The van der Waals surface area contributed by atoms with E-state index in [9.17, 15) is 14.9 Å². The first kappa shape index (κ1) is 19.0. The average molecular weight is 357 g/mol. The van der Waals surface area contributed by atoms with Gasteiger partial charge in [-0.15, -0.1) is 17.8 Å². The maximum Gasteiger partial charge on any atom is 0.430 e. The van der Waals surface area contributed by atoms with E-state index in [-0.39, 0.29) is 12.4 Å². The molecule has 0 unspecified atom stereocenters. The van der Waals surface area contributed by atoms with Gasteiger partial charge < -0.3 is 14.8 Å². The Hall–Kier alpha value is -2.06. The molecule has 1 aliphatic rings. The molecule has 0 bridgehead atoms. The van der Waals surface area contributed by atoms with Gasteiger partial charge >= 0.3 is 11.9 Å². The molecule has 0 fully saturated rings. The first-order valence-corrected chi connectivity index (χ1v) is 7.34. The summed E-state index contributed by atoms with van der Waals surface area (Å²) in [5.41, 5.74) is 0.402. The molecule has 0 atom stereocenters. The normalized spacial score (nSPS) is 12.5. The van der Waals surface area contributed by atoms with E-state index < -0.39 is 22.3 Å². The number of nitrogens with zero attached hydrogens (tertiary/aromatic N) is 2. The Balaban J connectivity index is 0.00000264. The zero-order chi connectivity index (χ0) is 16.5. The molecule has 0 saturated carbocycles. The Morgan fingerprint density at radius 1 is 1.39 bits per heavy atom. The zero-order valence-corrected chi connectivity index (χ0v) is 14.5. The van der Waals surface area contributed by atoms with Crippen molar-refractivity contribution in [3.63, 3.8) is 0 Å². The van der Waals surface area contributed by atoms with Gasteiger partial charge in [0.05, 0.1) is 11.1 Å². The number of hydrogen-bond donors (Lipinski definition) is 2. The highest BCUT2D eigenvalue weighted by atomic mass is 35.5. The molecule has 1 aromatic rings. The van der Waals surface area contributed by atoms with Crippen LogP contribution in [0.5, 0.6) is 0 Å². The standard InChI is InChI=1S/C14H16N4O3S.ClH/c1-14(2,3)17(13(15)18(20)21)12(19)10-5-4-9-6-7-16-22-11(9)8-10;/h4-8,15-16H,1-3H3;1H. The molecule has 1 aliphatic heterocycles. The summed E-state index contributed by atoms with van der Waals surface area (Å²) in [7, 11) is 0. The number of nitro groups is 1. The van der Waals surface area contributed by atoms with Gasteiger partial charge in [-0.2, -0.15) is 4.90 Å². The fourth-order valence-electron chi connectivity index (χ4n) is 2.04. The van der Waals surface area contributed by atoms with Crippen molar-refractivity contribution in [2.45, 2.75) is 31.2 Å². The second-order valence-corrected chi connectivity index (χ2v) is 6.58. The van der Waals surface area contributed by atoms with Crippen LogP contribution in [-0.4, -0.2) is 27.2 Å². The minimum atomic E-state index is -0.930. The van der Waals surface area contributed by atoms with Crippen molar-refractivity contribution in [2.75, 3.05) is 0 Å². The van der Waals surface area contributed by atoms with Gasteiger partial charge in [0.1, 0.15) is 0 Å². The molecular formula is C14H17ClN4O3S. The van der Waals surface area contributed by atoms with Crippen LogP contribution in [0.3, 0.4) is 0 Å². The van der Waals surface area contributed by atoms with Gasteiger partial charge in [0.15, 0.2) is 0 Å². The predicted molar refractivity (Wildman–Crippen MR) is 92.4 cm³/mol. The predicted octanol–water partition coefficient (Wildman–Crippen LogP) is 3.14. The summed E-state index contributed by atoms with van der Waals surface area (Å²) in [6.45, 7) is 4.96. The zero-order valence-electron chi connectivity index (χ0n) is 12.8. The van der Waals surface area contributed by atoms with Crippen LogP contribution in [-0.2, 0) is 0 Å². The topological polar surface area (TPSA) is 99.3 Å². The lowest BCUT2D eigenvalue weighted by molar-refractivity contribution is -0.365. The summed E-state index contributed by atoms with van der Waals surface area (Å²) in [6, 6.07) is 5.07. The Morgan fingerprint density at radius 2 is 2.04 bits per heavy atom. The maximum atomic E-state index is 12.7. The fraction of sp³-hybridized carbons (Fsp3) is 0.286. The number of amides is 1. The highest BCUT2D eigenvalue weighted by Gasteiger charge is 2.39. The van der Waals surface area contributed by atoms with E-state index in [1.165, 1.54) is 11.9 Å². The molecule has 124 valence electrons. The second-order valence-electron chi connectivity index (χ2n) is 5.70. The summed E-state index contributed by atoms with van der Waals surface area (Å²) in [6.07, 6.45) is 3.67. The lowest BCUT2D eigenvalue weighted by atomic mass is 10.0. The van der Waals surface area contributed by atoms with Crippen LogP contribution in [0.2, 0.25) is 0 Å². The Morgan fingerprint density at radius 3 is 2.61 bits per heavy atom. The van der Waals surface area contributed by atoms with E-state index in [0.29, 0.717) is 5.56 Å². The number of nitrogens with one attached hydrogen (secondary N) is 2. The van der Waals surface area contributed by atoms with Gasteiger partial charge in [-0.25, -0.2) is 0 Å². The maximum absolute atomic E-state index is 12.7. The van der Waals surface area contributed by atoms with Gasteiger partial charge in [-0.1, -0.05) is 6.07 Å². The average Bonchev–Trinajstić information content (AvgIpc) is 2.45. The van der Waals surface area contributed by atoms with Crippen LogP contribution in [0, 0.1) is 15.5 Å². The highest BCUT2D eigenvalue weighted by molar-refractivity contribution is 7.97. The fourth-order valence-corrected chi connectivity index (χ4v) is 2.75. The van der Waals surface area contributed by atoms with Crippen LogP contribution in [0.15, 0.2) is 29.3 Å². The summed E-state index contributed by atoms with van der Waals surface area (Å²) in [4.78, 5) is 24.5. The Kier molecular flexibility index (Phi) is 5.79. The smallest absolute Gasteiger partial charge is 0.390 e. The summed E-state index contributed by atoms with van der Waals surface area (Å²) >= 11 is 1.36. The molecule has 0 spiro atoms. The number of guanidine groups is 1. The van der Waals surface area contributed by atoms with E-state index in [4.69, 9.17) is 5.41 Å². The third kappa shape index (κ3) is 4.02. The number of hydrogen-bond acceptors (Lipinski definition) is 6. The van der Waals surface area contributed by atoms with E-state index in [0.717, 1.165) is 15.4 Å². The van der Waals surface area contributed by atoms with Crippen molar-refractivity contribution >= 4 is 42.3 Å². The summed E-state index contributed by atoms with van der Waals surface area (Å²) < 4.78 is 2.97. The number of carbonyl (C=O) groups is 1. The number of carbonyl (C=O) groups excluding carboxylic acids is 1. The first-order chi connectivity index (χ1) is 10.2. The lowest BCUT2D eigenvalue weighted by Crippen LogP contribution is -2.51. The quantitative estimate of drug-likeness (QED) is 0.265. The van der Waals surface area contributed by atoms with Gasteiger partial charge in [-0.3, -0.25) is 4.79 Å². The summed E-state index contributed by atoms with van der Waals surface area (Å²) in [5.74, 6) is -1.49. The molecule has 7 nitrogen and oxygen atoms in total. The molecule has 0 aromatic heterocycles. The van der Waals surface area contributed by atoms with Crippen molar-refractivity contribution in [1.29, 1.82) is 5.41 Å². The molecule has 2 N–H and O–H groups in total. The molecule has 23 heavy (non-hydrogen) atoms. The SMILES string of the molecule is CC(C)(C)N(C(=N)[N+](=O)[O-])C(=O)c1ccc2c(c1)SNC=C2.Cl. The van der Waals surface area contributed by atoms with Crippen LogP contribution in [0.4, 0.5) is 0 Å². The third-order valence-electron chi connectivity index (χ3n) is 3.02. The molecule has 9 heteroatoms. The number of benzene rings is 1. The lowest BCUT2D eigenvalue weighted by Gasteiger charge is -2.28. The van der Waals surface area contributed by atoms with E-state index >= 15 is 0 Å². The van der Waals surface area contributed by atoms with Crippen LogP contribution >= 0.6 is 24.4 Å². The number of halogens is 1. The molecule has 1 heterocycles. The minimum absolute atomic E-state index is 0. The summed E-state index contributed by atoms with van der Waals surface area (Å²) in [5, 5.41) is 18.5. The molecule has 1 amide bonds. The van der Waals surface area contributed by atoms with Gasteiger partial charge in [0.25, 0.3) is 0 Å². The third-order valence-corrected chi connectivity index (χ3v) is 3.85. The van der Waals surface area contributed by atoms with Crippen molar-refractivity contribution in [1.82, 2.24) is 9.62 Å². The Bertz CT molecular complexity index is 685. The molecule has 2 rings (SSSR count). The molecule has 0 radical (unpaired) electrons. The Labute approximate surface area is 144 Å². The molecule has 0 aliphatic carbocycles.